The third kappa shape index (κ3) is 5.70. The van der Waals surface area contributed by atoms with E-state index in [1.165, 1.54) is 63.4 Å². The van der Waals surface area contributed by atoms with Crippen molar-refractivity contribution in [1.82, 2.24) is 4.98 Å². The summed E-state index contributed by atoms with van der Waals surface area (Å²) in [6.45, 7) is 2.27. The van der Waals surface area contributed by atoms with Crippen molar-refractivity contribution in [3.63, 3.8) is 0 Å². The number of unbranched alkanes of at least 4 members (excludes halogenated alkanes) is 7. The van der Waals surface area contributed by atoms with Gasteiger partial charge in [-0.15, -0.1) is 0 Å². The summed E-state index contributed by atoms with van der Waals surface area (Å²) in [5, 5.41) is 0. The lowest BCUT2D eigenvalue weighted by molar-refractivity contribution is 0.576. The summed E-state index contributed by atoms with van der Waals surface area (Å²) in [6, 6.07) is 2.14. The number of hydrogen-bond donors (Lipinski definition) is 1. The van der Waals surface area contributed by atoms with Gasteiger partial charge in [-0.2, -0.15) is 0 Å². The number of aryl methyl sites for hydroxylation is 1. The van der Waals surface area contributed by atoms with Gasteiger partial charge in [-0.25, -0.2) is 0 Å². The minimum atomic E-state index is 1.04. The van der Waals surface area contributed by atoms with Crippen molar-refractivity contribution in [2.45, 2.75) is 64.7 Å². The normalized spacial score (nSPS) is 10.9. The van der Waals surface area contributed by atoms with E-state index in [0.717, 1.165) is 5.44 Å². The summed E-state index contributed by atoms with van der Waals surface area (Å²) in [7, 11) is 4.38. The van der Waals surface area contributed by atoms with Crippen LogP contribution in [-0.2, 0) is 6.42 Å². The molecule has 2 radical (unpaired) electrons. The van der Waals surface area contributed by atoms with Gasteiger partial charge in [0.05, 0.1) is 5.44 Å². The maximum atomic E-state index is 4.38. The quantitative estimate of drug-likeness (QED) is 0.472. The van der Waals surface area contributed by atoms with Gasteiger partial charge in [-0.1, -0.05) is 51.9 Å². The molecule has 0 aliphatic carbocycles. The van der Waals surface area contributed by atoms with Crippen LogP contribution in [0, 0.1) is 0 Å². The van der Waals surface area contributed by atoms with Crippen molar-refractivity contribution in [3.05, 3.63) is 17.8 Å². The molecule has 0 saturated carbocycles. The van der Waals surface area contributed by atoms with Crippen LogP contribution in [-0.4, -0.2) is 4.98 Å². The van der Waals surface area contributed by atoms with Crippen LogP contribution < -0.4 is 5.44 Å². The van der Waals surface area contributed by atoms with Crippen LogP contribution in [0.1, 0.15) is 63.9 Å². The van der Waals surface area contributed by atoms with Gasteiger partial charge in [-0.3, -0.25) is 0 Å². The van der Waals surface area contributed by atoms with Crippen molar-refractivity contribution < 1.29 is 0 Å². The highest BCUT2D eigenvalue weighted by Crippen LogP contribution is 2.11. The van der Waals surface area contributed by atoms with E-state index in [4.69, 9.17) is 0 Å². The summed E-state index contributed by atoms with van der Waals surface area (Å²) >= 11 is 0. The molecule has 1 N–H and O–H groups in total. The number of aromatic amines is 1. The van der Waals surface area contributed by atoms with E-state index in [-0.39, 0.29) is 0 Å². The van der Waals surface area contributed by atoms with Crippen LogP contribution in [0.3, 0.4) is 0 Å². The Morgan fingerprint density at radius 3 is 2.19 bits per heavy atom. The average Bonchev–Trinajstić information content (AvgIpc) is 2.68. The van der Waals surface area contributed by atoms with Crippen LogP contribution in [0.5, 0.6) is 0 Å². The second-order valence-corrected chi connectivity index (χ2v) is 5.02. The second-order valence-electron chi connectivity index (χ2n) is 4.58. The van der Waals surface area contributed by atoms with Gasteiger partial charge in [0.2, 0.25) is 0 Å². The number of aromatic nitrogens is 1. The van der Waals surface area contributed by atoms with Crippen molar-refractivity contribution in [1.29, 1.82) is 0 Å². The Morgan fingerprint density at radius 1 is 1.00 bits per heavy atom. The fourth-order valence-electron chi connectivity index (χ4n) is 2.04. The van der Waals surface area contributed by atoms with E-state index in [9.17, 15) is 0 Å². The highest BCUT2D eigenvalue weighted by molar-refractivity contribution is 7.27. The third-order valence-electron chi connectivity index (χ3n) is 3.11. The molecular formula is C14H24NP. The Hall–Kier alpha value is -0.290. The largest absolute Gasteiger partial charge is 0.361 e. The van der Waals surface area contributed by atoms with E-state index < -0.39 is 0 Å². The van der Waals surface area contributed by atoms with Gasteiger partial charge in [-0.05, 0) is 24.5 Å². The van der Waals surface area contributed by atoms with Crippen LogP contribution in [0.25, 0.3) is 0 Å². The molecule has 1 nitrogen and oxygen atoms in total. The molecule has 0 aliphatic rings. The fourth-order valence-corrected chi connectivity index (χ4v) is 2.30. The van der Waals surface area contributed by atoms with Crippen molar-refractivity contribution in [2.24, 2.45) is 0 Å². The van der Waals surface area contributed by atoms with Crippen LogP contribution >= 0.6 is 9.24 Å². The van der Waals surface area contributed by atoms with Gasteiger partial charge in [0.15, 0.2) is 0 Å². The lowest BCUT2D eigenvalue weighted by atomic mass is 10.1. The van der Waals surface area contributed by atoms with Gasteiger partial charge in [0.25, 0.3) is 0 Å². The summed E-state index contributed by atoms with van der Waals surface area (Å²) < 4.78 is 0. The maximum absolute atomic E-state index is 4.38. The predicted octanol–water partition coefficient (Wildman–Crippen LogP) is 4.73. The Kier molecular flexibility index (Phi) is 7.59. The first-order valence-corrected chi connectivity index (χ1v) is 7.14. The van der Waals surface area contributed by atoms with Gasteiger partial charge in [0.1, 0.15) is 0 Å². The standard InChI is InChI=1S/C14H24NP/c1-2-3-4-5-6-7-8-9-10-13-11-12-15-14(13)16/h11-12,15H,2-10H2,1H3. The molecule has 2 heteroatoms. The zero-order valence-corrected chi connectivity index (χ0v) is 11.4. The molecule has 16 heavy (non-hydrogen) atoms. The smallest absolute Gasteiger partial charge is 0.0519 e. The predicted molar refractivity (Wildman–Crippen MR) is 73.7 cm³/mol. The molecule has 1 aromatic heterocycles. The van der Waals surface area contributed by atoms with E-state index in [0.29, 0.717) is 0 Å². The summed E-state index contributed by atoms with van der Waals surface area (Å²) in [5.41, 5.74) is 2.41. The molecule has 0 unspecified atom stereocenters. The fraction of sp³-hybridized carbons (Fsp3) is 0.714. The van der Waals surface area contributed by atoms with Gasteiger partial charge >= 0.3 is 0 Å². The molecule has 0 amide bonds. The monoisotopic (exact) mass is 237 g/mol. The van der Waals surface area contributed by atoms with Crippen LogP contribution in [0.4, 0.5) is 0 Å². The number of hydrogen-bond acceptors (Lipinski definition) is 0. The molecule has 0 aliphatic heterocycles. The Balaban J connectivity index is 1.91. The zero-order valence-electron chi connectivity index (χ0n) is 10.5. The molecule has 0 saturated heterocycles. The van der Waals surface area contributed by atoms with E-state index >= 15 is 0 Å². The SMILES string of the molecule is CCCCCCCCCCc1cc[nH]c1[P]. The molecule has 1 heterocycles. The number of H-pyrrole nitrogens is 1. The second kappa shape index (κ2) is 8.82. The van der Waals surface area contributed by atoms with Crippen molar-refractivity contribution in [3.8, 4) is 0 Å². The molecule has 0 spiro atoms. The van der Waals surface area contributed by atoms with Crippen molar-refractivity contribution in [2.75, 3.05) is 0 Å². The summed E-state index contributed by atoms with van der Waals surface area (Å²) in [4.78, 5) is 3.11. The van der Waals surface area contributed by atoms with Crippen LogP contribution in [0.2, 0.25) is 0 Å². The first-order chi connectivity index (χ1) is 7.84. The lowest BCUT2D eigenvalue weighted by Gasteiger charge is -2.01. The highest BCUT2D eigenvalue weighted by Gasteiger charge is 1.99. The highest BCUT2D eigenvalue weighted by atomic mass is 31.0. The Labute approximate surface area is 103 Å². The minimum absolute atomic E-state index is 1.04. The third-order valence-corrected chi connectivity index (χ3v) is 3.52. The number of rotatable bonds is 9. The molecule has 1 rings (SSSR count). The van der Waals surface area contributed by atoms with Crippen LogP contribution in [0.15, 0.2) is 12.3 Å². The molecule has 90 valence electrons. The molecule has 1 aromatic rings. The minimum Gasteiger partial charge on any atom is -0.361 e. The van der Waals surface area contributed by atoms with E-state index in [2.05, 4.69) is 27.2 Å². The van der Waals surface area contributed by atoms with E-state index in [1.807, 2.05) is 6.20 Å². The topological polar surface area (TPSA) is 15.8 Å². The summed E-state index contributed by atoms with van der Waals surface area (Å²) in [5.74, 6) is 0. The van der Waals surface area contributed by atoms with E-state index in [1.54, 1.807) is 0 Å². The molecule has 0 bridgehead atoms. The average molecular weight is 237 g/mol. The molecular weight excluding hydrogens is 213 g/mol. The Morgan fingerprint density at radius 2 is 1.62 bits per heavy atom. The summed E-state index contributed by atoms with van der Waals surface area (Å²) in [6.07, 6.45) is 14.2. The van der Waals surface area contributed by atoms with Gasteiger partial charge in [0, 0.05) is 15.4 Å². The van der Waals surface area contributed by atoms with Crippen molar-refractivity contribution >= 4 is 14.7 Å². The first-order valence-electron chi connectivity index (χ1n) is 6.69. The number of nitrogens with one attached hydrogen (secondary N) is 1. The molecule has 0 atom stereocenters. The Bertz CT molecular complexity index is 267. The molecule has 0 aromatic carbocycles. The molecule has 0 fully saturated rings. The maximum Gasteiger partial charge on any atom is 0.0519 e. The van der Waals surface area contributed by atoms with Gasteiger partial charge < -0.3 is 4.98 Å². The first kappa shape index (κ1) is 13.8. The lowest BCUT2D eigenvalue weighted by Crippen LogP contribution is -1.98. The zero-order chi connectivity index (χ0) is 11.6.